The average molecular weight is 341 g/mol. The Morgan fingerprint density at radius 2 is 1.76 bits per heavy atom. The van der Waals surface area contributed by atoms with Crippen molar-refractivity contribution in [2.75, 3.05) is 7.05 Å². The Balaban J connectivity index is 1.53. The summed E-state index contributed by atoms with van der Waals surface area (Å²) in [4.78, 5) is 27.3. The molecule has 7 unspecified atom stereocenters. The van der Waals surface area contributed by atoms with Crippen LogP contribution in [0.15, 0.2) is 11.6 Å². The van der Waals surface area contributed by atoms with Crippen LogP contribution in [0, 0.1) is 34.5 Å². The Morgan fingerprint density at radius 1 is 1.00 bits per heavy atom. The van der Waals surface area contributed by atoms with Crippen molar-refractivity contribution in [3.05, 3.63) is 11.6 Å². The van der Waals surface area contributed by atoms with E-state index in [1.807, 2.05) is 13.1 Å². The molecule has 0 aromatic carbocycles. The van der Waals surface area contributed by atoms with Crippen molar-refractivity contribution in [3.63, 3.8) is 0 Å². The van der Waals surface area contributed by atoms with Gasteiger partial charge in [0.05, 0.1) is 5.41 Å². The zero-order valence-corrected chi connectivity index (χ0v) is 15.9. The molecule has 3 saturated carbocycles. The van der Waals surface area contributed by atoms with Crippen molar-refractivity contribution in [1.82, 2.24) is 4.90 Å². The molecule has 0 aromatic rings. The van der Waals surface area contributed by atoms with Crippen molar-refractivity contribution in [1.29, 1.82) is 0 Å². The molecule has 3 nitrogen and oxygen atoms in total. The van der Waals surface area contributed by atoms with Gasteiger partial charge in [0.15, 0.2) is 5.78 Å². The molecule has 0 aromatic heterocycles. The zero-order valence-electron chi connectivity index (χ0n) is 15.9. The van der Waals surface area contributed by atoms with E-state index in [4.69, 9.17) is 0 Å². The van der Waals surface area contributed by atoms with Gasteiger partial charge in [-0.3, -0.25) is 9.59 Å². The summed E-state index contributed by atoms with van der Waals surface area (Å²) in [5.74, 6) is 3.33. The fraction of sp³-hybridized carbons (Fsp3) is 0.818. The molecule has 5 rings (SSSR count). The quantitative estimate of drug-likeness (QED) is 0.668. The number of nitrogens with zero attached hydrogens (tertiary/aromatic N) is 1. The fourth-order valence-electron chi connectivity index (χ4n) is 8.16. The summed E-state index contributed by atoms with van der Waals surface area (Å²) in [6.07, 6.45) is 10.8. The Kier molecular flexibility index (Phi) is 3.21. The molecule has 1 spiro atoms. The predicted molar refractivity (Wildman–Crippen MR) is 96.8 cm³/mol. The lowest BCUT2D eigenvalue weighted by molar-refractivity contribution is -0.146. The smallest absolute Gasteiger partial charge is 0.229 e. The highest BCUT2D eigenvalue weighted by Crippen LogP contribution is 2.69. The second-order valence-corrected chi connectivity index (χ2v) is 9.89. The minimum atomic E-state index is -0.0442. The monoisotopic (exact) mass is 341 g/mol. The number of hydrogen-bond acceptors (Lipinski definition) is 2. The van der Waals surface area contributed by atoms with Crippen LogP contribution < -0.4 is 0 Å². The van der Waals surface area contributed by atoms with Crippen LogP contribution >= 0.6 is 0 Å². The van der Waals surface area contributed by atoms with Crippen molar-refractivity contribution in [2.24, 2.45) is 34.5 Å². The molecule has 4 fully saturated rings. The van der Waals surface area contributed by atoms with E-state index in [1.54, 1.807) is 0 Å². The van der Waals surface area contributed by atoms with Gasteiger partial charge in [-0.15, -0.1) is 0 Å². The molecule has 7 atom stereocenters. The summed E-state index contributed by atoms with van der Waals surface area (Å²) in [5, 5.41) is 0. The van der Waals surface area contributed by atoms with Crippen LogP contribution in [0.1, 0.15) is 65.2 Å². The molecule has 1 aliphatic heterocycles. The van der Waals surface area contributed by atoms with Crippen LogP contribution in [-0.4, -0.2) is 29.7 Å². The normalized spacial score (nSPS) is 51.6. The molecule has 0 N–H and O–H groups in total. The molecular weight excluding hydrogens is 310 g/mol. The van der Waals surface area contributed by atoms with Gasteiger partial charge in [0.1, 0.15) is 0 Å². The van der Waals surface area contributed by atoms with Crippen LogP contribution in [0.3, 0.4) is 0 Å². The second-order valence-electron chi connectivity index (χ2n) is 9.89. The molecule has 4 aliphatic carbocycles. The number of rotatable bonds is 0. The summed E-state index contributed by atoms with van der Waals surface area (Å²) < 4.78 is 0. The number of carbonyl (C=O) groups excluding carboxylic acids is 2. The van der Waals surface area contributed by atoms with E-state index in [1.165, 1.54) is 31.3 Å². The zero-order chi connectivity index (χ0) is 17.6. The van der Waals surface area contributed by atoms with Gasteiger partial charge in [-0.2, -0.15) is 0 Å². The Bertz CT molecular complexity index is 682. The highest BCUT2D eigenvalue weighted by atomic mass is 16.2. The lowest BCUT2D eigenvalue weighted by Gasteiger charge is -2.57. The number of ketones is 1. The number of carbonyl (C=O) groups is 2. The molecular formula is C22H31NO2. The minimum Gasteiger partial charge on any atom is -0.342 e. The van der Waals surface area contributed by atoms with Crippen LogP contribution in [0.2, 0.25) is 0 Å². The van der Waals surface area contributed by atoms with Gasteiger partial charge >= 0.3 is 0 Å². The van der Waals surface area contributed by atoms with Gasteiger partial charge in [-0.05, 0) is 87.0 Å². The predicted octanol–water partition coefficient (Wildman–Crippen LogP) is 3.98. The lowest BCUT2D eigenvalue weighted by atomic mass is 9.46. The summed E-state index contributed by atoms with van der Waals surface area (Å²) in [7, 11) is 2.03. The summed E-state index contributed by atoms with van der Waals surface area (Å²) in [5.41, 5.74) is 1.60. The van der Waals surface area contributed by atoms with Crippen LogP contribution in [0.4, 0.5) is 0 Å². The first-order chi connectivity index (χ1) is 11.9. The second kappa shape index (κ2) is 4.98. The van der Waals surface area contributed by atoms with E-state index >= 15 is 0 Å². The van der Waals surface area contributed by atoms with Crippen LogP contribution in [-0.2, 0) is 9.59 Å². The van der Waals surface area contributed by atoms with Crippen LogP contribution in [0.25, 0.3) is 0 Å². The van der Waals surface area contributed by atoms with Crippen LogP contribution in [0.5, 0.6) is 0 Å². The fourth-order valence-corrected chi connectivity index (χ4v) is 8.16. The number of fused-ring (bicyclic) bond motifs is 4. The Labute approximate surface area is 151 Å². The van der Waals surface area contributed by atoms with E-state index in [9.17, 15) is 9.59 Å². The van der Waals surface area contributed by atoms with E-state index in [-0.39, 0.29) is 10.8 Å². The maximum atomic E-state index is 13.3. The van der Waals surface area contributed by atoms with Gasteiger partial charge in [0, 0.05) is 19.5 Å². The number of likely N-dealkylation sites (tertiary alicyclic amines) is 1. The van der Waals surface area contributed by atoms with Gasteiger partial charge in [0.2, 0.25) is 5.91 Å². The average Bonchev–Trinajstić information content (AvgIpc) is 3.07. The number of amides is 1. The summed E-state index contributed by atoms with van der Waals surface area (Å²) in [6, 6.07) is 0.413. The first-order valence-corrected chi connectivity index (χ1v) is 10.4. The number of allylic oxidation sites excluding steroid dienone is 1. The van der Waals surface area contributed by atoms with Gasteiger partial charge in [-0.25, -0.2) is 0 Å². The maximum Gasteiger partial charge on any atom is 0.229 e. The molecule has 25 heavy (non-hydrogen) atoms. The molecule has 1 amide bonds. The van der Waals surface area contributed by atoms with Gasteiger partial charge in [-0.1, -0.05) is 12.5 Å². The Hall–Kier alpha value is -1.12. The SMILES string of the molecule is CC1C2CCC3C4CCC5=CC(=O)CCC5(C)C4CCC32C(=O)N1C. The molecule has 3 heteroatoms. The molecule has 136 valence electrons. The van der Waals surface area contributed by atoms with Crippen molar-refractivity contribution < 1.29 is 9.59 Å². The summed E-state index contributed by atoms with van der Waals surface area (Å²) in [6.45, 7) is 4.69. The summed E-state index contributed by atoms with van der Waals surface area (Å²) >= 11 is 0. The van der Waals surface area contributed by atoms with E-state index < -0.39 is 0 Å². The van der Waals surface area contributed by atoms with Crippen molar-refractivity contribution in [3.8, 4) is 0 Å². The molecule has 1 heterocycles. The molecule has 1 saturated heterocycles. The third-order valence-corrected chi connectivity index (χ3v) is 9.45. The minimum absolute atomic E-state index is 0.0442. The highest BCUT2D eigenvalue weighted by Gasteiger charge is 2.68. The molecule has 0 radical (unpaired) electrons. The topological polar surface area (TPSA) is 37.4 Å². The molecule has 5 aliphatic rings. The first kappa shape index (κ1) is 16.1. The van der Waals surface area contributed by atoms with E-state index in [0.29, 0.717) is 41.4 Å². The third-order valence-electron chi connectivity index (χ3n) is 9.45. The lowest BCUT2D eigenvalue weighted by Crippen LogP contribution is -2.53. The van der Waals surface area contributed by atoms with Crippen molar-refractivity contribution in [2.45, 2.75) is 71.3 Å². The number of hydrogen-bond donors (Lipinski definition) is 0. The largest absolute Gasteiger partial charge is 0.342 e. The maximum absolute atomic E-state index is 13.3. The first-order valence-electron chi connectivity index (χ1n) is 10.4. The third kappa shape index (κ3) is 1.78. The highest BCUT2D eigenvalue weighted by molar-refractivity contribution is 5.91. The van der Waals surface area contributed by atoms with Crippen molar-refractivity contribution >= 4 is 11.7 Å². The van der Waals surface area contributed by atoms with E-state index in [0.717, 1.165) is 25.7 Å². The van der Waals surface area contributed by atoms with E-state index in [2.05, 4.69) is 18.7 Å². The van der Waals surface area contributed by atoms with Gasteiger partial charge < -0.3 is 4.90 Å². The molecule has 0 bridgehead atoms. The van der Waals surface area contributed by atoms with Gasteiger partial charge in [0.25, 0.3) is 0 Å². The standard InChI is InChI=1S/C22H31NO2/c1-13-17-6-7-19-16-5-4-14-12-15(24)8-10-21(14,2)18(16)9-11-22(17,19)20(25)23(13)3/h12-13,16-19H,4-11H2,1-3H3. The Morgan fingerprint density at radius 3 is 2.56 bits per heavy atom.